The highest BCUT2D eigenvalue weighted by atomic mass is 32.1. The molecular weight excluding hydrogens is 342 g/mol. The molecule has 25 heavy (non-hydrogen) atoms. The summed E-state index contributed by atoms with van der Waals surface area (Å²) in [6, 6.07) is 12.3. The largest absolute Gasteiger partial charge is 0.461 e. The van der Waals surface area contributed by atoms with Gasteiger partial charge in [-0.2, -0.15) is 4.98 Å². The quantitative estimate of drug-likeness (QED) is 0.606. The lowest BCUT2D eigenvalue weighted by molar-refractivity contribution is 0.0950. The maximum atomic E-state index is 12.3. The van der Waals surface area contributed by atoms with Crippen LogP contribution in [0.1, 0.15) is 15.6 Å². The van der Waals surface area contributed by atoms with Gasteiger partial charge in [0.1, 0.15) is 0 Å². The number of carbonyl (C=O) groups is 1. The lowest BCUT2D eigenvalue weighted by atomic mass is 10.2. The van der Waals surface area contributed by atoms with E-state index in [0.717, 1.165) is 16.7 Å². The monoisotopic (exact) mass is 353 g/mol. The molecule has 4 aromatic rings. The summed E-state index contributed by atoms with van der Waals surface area (Å²) in [4.78, 5) is 28.9. The molecule has 124 valence electrons. The van der Waals surface area contributed by atoms with Crippen molar-refractivity contribution in [1.82, 2.24) is 15.5 Å². The first-order chi connectivity index (χ1) is 12.2. The van der Waals surface area contributed by atoms with Crippen LogP contribution in [0.25, 0.3) is 22.4 Å². The summed E-state index contributed by atoms with van der Waals surface area (Å²) in [5, 5.41) is 7.79. The first-order valence-corrected chi connectivity index (χ1v) is 8.20. The Hall–Kier alpha value is -3.26. The van der Waals surface area contributed by atoms with Crippen molar-refractivity contribution < 1.29 is 13.7 Å². The number of rotatable bonds is 4. The van der Waals surface area contributed by atoms with Gasteiger partial charge in [-0.3, -0.25) is 9.59 Å². The fourth-order valence-electron chi connectivity index (χ4n) is 2.32. The maximum Gasteiger partial charge on any atom is 0.261 e. The Bertz CT molecular complexity index is 1100. The lowest BCUT2D eigenvalue weighted by Gasteiger charge is -2.03. The van der Waals surface area contributed by atoms with Gasteiger partial charge in [0, 0.05) is 5.39 Å². The average molecular weight is 353 g/mol. The molecule has 0 saturated carbocycles. The Kier molecular flexibility index (Phi) is 3.87. The number of carbonyl (C=O) groups excluding carboxylic acids is 1. The number of nitrogens with one attached hydrogen (secondary N) is 1. The number of amides is 1. The van der Waals surface area contributed by atoms with E-state index in [9.17, 15) is 9.59 Å². The number of fused-ring (bicyclic) bond motifs is 1. The van der Waals surface area contributed by atoms with Crippen molar-refractivity contribution in [2.45, 2.75) is 6.54 Å². The predicted octanol–water partition coefficient (Wildman–Crippen LogP) is 2.83. The van der Waals surface area contributed by atoms with E-state index in [4.69, 9.17) is 8.94 Å². The topological polar surface area (TPSA) is 98.2 Å². The fourth-order valence-corrected chi connectivity index (χ4v) is 3.17. The SMILES string of the molecule is O=C(NCc1nc(-c2ccco2)no1)c1cc2ccccc2c(=O)s1. The highest BCUT2D eigenvalue weighted by Gasteiger charge is 2.14. The fraction of sp³-hybridized carbons (Fsp3) is 0.0588. The molecule has 0 aliphatic rings. The summed E-state index contributed by atoms with van der Waals surface area (Å²) in [6.07, 6.45) is 1.51. The summed E-state index contributed by atoms with van der Waals surface area (Å²) in [5.41, 5.74) is 0. The standard InChI is InChI=1S/C17H11N3O4S/c21-16(13-8-10-4-1-2-5-11(10)17(22)25-13)18-9-14-19-15(20-24-14)12-6-3-7-23-12/h1-8H,9H2,(H,18,21). The van der Waals surface area contributed by atoms with E-state index in [-0.39, 0.29) is 23.1 Å². The van der Waals surface area contributed by atoms with Gasteiger partial charge in [0.2, 0.25) is 16.5 Å². The van der Waals surface area contributed by atoms with Crippen molar-refractivity contribution in [3.05, 3.63) is 69.0 Å². The van der Waals surface area contributed by atoms with Crippen molar-refractivity contribution >= 4 is 28.0 Å². The molecule has 0 radical (unpaired) electrons. The average Bonchev–Trinajstić information content (AvgIpc) is 3.31. The van der Waals surface area contributed by atoms with E-state index in [1.807, 2.05) is 6.07 Å². The Morgan fingerprint density at radius 2 is 2.08 bits per heavy atom. The van der Waals surface area contributed by atoms with Crippen molar-refractivity contribution in [3.8, 4) is 11.6 Å². The number of hydrogen-bond acceptors (Lipinski definition) is 7. The number of benzene rings is 1. The normalized spacial score (nSPS) is 10.9. The van der Waals surface area contributed by atoms with E-state index < -0.39 is 0 Å². The number of aromatic nitrogens is 2. The van der Waals surface area contributed by atoms with Gasteiger partial charge in [0.15, 0.2) is 5.76 Å². The van der Waals surface area contributed by atoms with Crippen LogP contribution in [0.2, 0.25) is 0 Å². The Labute approximate surface area is 144 Å². The van der Waals surface area contributed by atoms with Crippen molar-refractivity contribution in [1.29, 1.82) is 0 Å². The maximum absolute atomic E-state index is 12.3. The third kappa shape index (κ3) is 3.07. The van der Waals surface area contributed by atoms with Crippen LogP contribution in [0.3, 0.4) is 0 Å². The molecule has 7 nitrogen and oxygen atoms in total. The first kappa shape index (κ1) is 15.3. The second-order valence-electron chi connectivity index (χ2n) is 5.16. The predicted molar refractivity (Wildman–Crippen MR) is 91.3 cm³/mol. The van der Waals surface area contributed by atoms with Gasteiger partial charge in [-0.25, -0.2) is 0 Å². The van der Waals surface area contributed by atoms with E-state index in [0.29, 0.717) is 21.8 Å². The Morgan fingerprint density at radius 3 is 2.92 bits per heavy atom. The minimum Gasteiger partial charge on any atom is -0.461 e. The lowest BCUT2D eigenvalue weighted by Crippen LogP contribution is -2.23. The molecule has 0 aliphatic carbocycles. The summed E-state index contributed by atoms with van der Waals surface area (Å²) >= 11 is 0.904. The van der Waals surface area contributed by atoms with Crippen LogP contribution in [0, 0.1) is 0 Å². The molecule has 0 bridgehead atoms. The van der Waals surface area contributed by atoms with Crippen LogP contribution in [0.5, 0.6) is 0 Å². The summed E-state index contributed by atoms with van der Waals surface area (Å²) < 4.78 is 10.1. The van der Waals surface area contributed by atoms with Crippen LogP contribution in [0.4, 0.5) is 0 Å². The van der Waals surface area contributed by atoms with Crippen molar-refractivity contribution in [2.75, 3.05) is 0 Å². The zero-order valence-electron chi connectivity index (χ0n) is 12.8. The van der Waals surface area contributed by atoms with E-state index in [2.05, 4.69) is 15.5 Å². The zero-order chi connectivity index (χ0) is 17.2. The van der Waals surface area contributed by atoms with E-state index in [1.54, 1.807) is 36.4 Å². The third-order valence-corrected chi connectivity index (χ3v) is 4.43. The van der Waals surface area contributed by atoms with Gasteiger partial charge in [-0.1, -0.05) is 34.7 Å². The van der Waals surface area contributed by atoms with Gasteiger partial charge >= 0.3 is 0 Å². The summed E-state index contributed by atoms with van der Waals surface area (Å²) in [7, 11) is 0. The van der Waals surface area contributed by atoms with Crippen LogP contribution < -0.4 is 10.1 Å². The van der Waals surface area contributed by atoms with Gasteiger partial charge < -0.3 is 14.3 Å². The molecule has 0 unspecified atom stereocenters. The second-order valence-corrected chi connectivity index (χ2v) is 6.17. The highest BCUT2D eigenvalue weighted by molar-refractivity contribution is 7.12. The second kappa shape index (κ2) is 6.33. The third-order valence-electron chi connectivity index (χ3n) is 3.50. The molecule has 0 atom stereocenters. The molecule has 8 heteroatoms. The molecule has 1 amide bonds. The highest BCUT2D eigenvalue weighted by Crippen LogP contribution is 2.17. The summed E-state index contributed by atoms with van der Waals surface area (Å²) in [6.45, 7) is 0.0558. The molecule has 1 aromatic carbocycles. The molecule has 0 fully saturated rings. The van der Waals surface area contributed by atoms with Gasteiger partial charge in [0.25, 0.3) is 5.91 Å². The van der Waals surface area contributed by atoms with Crippen LogP contribution in [-0.2, 0) is 6.54 Å². The molecule has 0 aliphatic heterocycles. The zero-order valence-corrected chi connectivity index (χ0v) is 13.6. The van der Waals surface area contributed by atoms with Gasteiger partial charge in [0.05, 0.1) is 17.7 Å². The smallest absolute Gasteiger partial charge is 0.261 e. The van der Waals surface area contributed by atoms with Gasteiger partial charge in [-0.05, 0) is 29.7 Å². The molecule has 3 heterocycles. The molecular formula is C17H11N3O4S. The van der Waals surface area contributed by atoms with Crippen molar-refractivity contribution in [3.63, 3.8) is 0 Å². The van der Waals surface area contributed by atoms with Crippen LogP contribution >= 0.6 is 11.3 Å². The Balaban J connectivity index is 1.50. The van der Waals surface area contributed by atoms with Gasteiger partial charge in [-0.15, -0.1) is 0 Å². The molecule has 4 rings (SSSR count). The number of hydrogen-bond donors (Lipinski definition) is 1. The Morgan fingerprint density at radius 1 is 1.20 bits per heavy atom. The number of furan rings is 1. The minimum absolute atomic E-state index is 0.0558. The summed E-state index contributed by atoms with van der Waals surface area (Å²) in [5.74, 6) is 0.664. The number of nitrogens with zero attached hydrogens (tertiary/aromatic N) is 2. The minimum atomic E-state index is -0.370. The van der Waals surface area contributed by atoms with Crippen LogP contribution in [-0.4, -0.2) is 16.0 Å². The molecule has 0 spiro atoms. The van der Waals surface area contributed by atoms with E-state index in [1.165, 1.54) is 6.26 Å². The first-order valence-electron chi connectivity index (χ1n) is 7.38. The van der Waals surface area contributed by atoms with E-state index >= 15 is 0 Å². The molecule has 0 saturated heterocycles. The molecule has 1 N–H and O–H groups in total. The van der Waals surface area contributed by atoms with Crippen molar-refractivity contribution in [2.24, 2.45) is 0 Å². The van der Waals surface area contributed by atoms with Crippen LogP contribution in [0.15, 0.2) is 62.5 Å². The molecule has 3 aromatic heterocycles.